The van der Waals surface area contributed by atoms with Crippen LogP contribution in [0.25, 0.3) is 0 Å². The van der Waals surface area contributed by atoms with Crippen LogP contribution in [0.15, 0.2) is 11.6 Å². The second kappa shape index (κ2) is 6.69. The lowest BCUT2D eigenvalue weighted by atomic mass is 9.47. The molecule has 7 atom stereocenters. The van der Waals surface area contributed by atoms with Crippen molar-refractivity contribution in [3.63, 3.8) is 0 Å². The van der Waals surface area contributed by atoms with E-state index in [4.69, 9.17) is 4.43 Å². The van der Waals surface area contributed by atoms with Crippen molar-refractivity contribution in [2.75, 3.05) is 0 Å². The summed E-state index contributed by atoms with van der Waals surface area (Å²) in [4.78, 5) is 0. The third-order valence-corrected chi connectivity index (χ3v) is 15.2. The van der Waals surface area contributed by atoms with E-state index >= 15 is 0 Å². The van der Waals surface area contributed by atoms with Crippen LogP contribution in [0.3, 0.4) is 0 Å². The lowest BCUT2D eigenvalue weighted by Crippen LogP contribution is -2.55. The summed E-state index contributed by atoms with van der Waals surface area (Å²) in [7, 11) is -1.77. The third kappa shape index (κ3) is 3.33. The molecule has 3 saturated carbocycles. The number of aliphatic hydroxyl groups excluding tert-OH is 1. The Hall–Kier alpha value is -0.123. The van der Waals surface area contributed by atoms with Crippen molar-refractivity contribution in [2.24, 2.45) is 28.6 Å². The fourth-order valence-corrected chi connectivity index (χ4v) is 9.33. The van der Waals surface area contributed by atoms with Gasteiger partial charge in [0.25, 0.3) is 0 Å². The molecule has 0 aliphatic heterocycles. The number of fused-ring (bicyclic) bond motifs is 5. The Kier molecular flexibility index (Phi) is 5.09. The van der Waals surface area contributed by atoms with Gasteiger partial charge in [0, 0.05) is 0 Å². The van der Waals surface area contributed by atoms with Crippen molar-refractivity contribution in [1.29, 1.82) is 0 Å². The molecular weight excluding hydrogens is 372 g/mol. The molecule has 0 amide bonds. The van der Waals surface area contributed by atoms with E-state index in [0.717, 1.165) is 30.6 Å². The molecule has 3 fully saturated rings. The van der Waals surface area contributed by atoms with Crippen LogP contribution >= 0.6 is 0 Å². The van der Waals surface area contributed by atoms with Crippen molar-refractivity contribution in [1.82, 2.24) is 0 Å². The summed E-state index contributed by atoms with van der Waals surface area (Å²) in [6, 6.07) is 0. The zero-order valence-corrected chi connectivity index (χ0v) is 21.4. The molecule has 0 unspecified atom stereocenters. The molecule has 2 nitrogen and oxygen atoms in total. The highest BCUT2D eigenvalue weighted by atomic mass is 28.4. The molecule has 29 heavy (non-hydrogen) atoms. The number of rotatable bonds is 2. The molecule has 0 aromatic carbocycles. The minimum atomic E-state index is -1.77. The quantitative estimate of drug-likeness (QED) is 0.383. The van der Waals surface area contributed by atoms with Gasteiger partial charge >= 0.3 is 0 Å². The van der Waals surface area contributed by atoms with Gasteiger partial charge in [-0.2, -0.15) is 0 Å². The summed E-state index contributed by atoms with van der Waals surface area (Å²) in [5, 5.41) is 10.9. The number of aliphatic hydroxyl groups is 1. The van der Waals surface area contributed by atoms with E-state index in [1.54, 1.807) is 5.57 Å². The predicted molar refractivity (Wildman–Crippen MR) is 124 cm³/mol. The number of hydrogen-bond donors (Lipinski definition) is 1. The van der Waals surface area contributed by atoms with Crippen molar-refractivity contribution in [3.8, 4) is 0 Å². The SMILES string of the molecule is CC(C)(C)[Si](C)(C)O[C@@]1(C)CC[C@@]2(C)C(=CC[C@H]3[C@@H]4CC[C@H](O)[C@@]4(C)CC[C@@H]32)C1. The molecule has 4 rings (SSSR count). The standard InChI is InChI=1S/C26H46O2Si/c1-23(2,3)29(7,8)28-24(4)15-16-25(5)18(17-24)9-10-19-20-11-12-22(27)26(20,6)14-13-21(19)25/h9,19-22,27H,10-17H2,1-8H3/t19-,20-,21-,22-,24-,25-,26-/m0/s1. The highest BCUT2D eigenvalue weighted by Crippen LogP contribution is 2.65. The van der Waals surface area contributed by atoms with Gasteiger partial charge in [-0.15, -0.1) is 0 Å². The van der Waals surface area contributed by atoms with Gasteiger partial charge in [-0.05, 0) is 105 Å². The van der Waals surface area contributed by atoms with Gasteiger partial charge in [-0.3, -0.25) is 0 Å². The topological polar surface area (TPSA) is 29.5 Å². The molecule has 166 valence electrons. The van der Waals surface area contributed by atoms with Crippen LogP contribution in [0.5, 0.6) is 0 Å². The zero-order valence-electron chi connectivity index (χ0n) is 20.4. The minimum absolute atomic E-state index is 0.00785. The van der Waals surface area contributed by atoms with Crippen molar-refractivity contribution in [2.45, 2.75) is 123 Å². The summed E-state index contributed by atoms with van der Waals surface area (Å²) in [5.74, 6) is 2.32. The van der Waals surface area contributed by atoms with Crippen LogP contribution in [0.4, 0.5) is 0 Å². The molecule has 4 aliphatic carbocycles. The second-order valence-corrected chi connectivity index (χ2v) is 18.1. The largest absolute Gasteiger partial charge is 0.411 e. The Morgan fingerprint density at radius 2 is 1.69 bits per heavy atom. The lowest BCUT2D eigenvalue weighted by molar-refractivity contribution is -0.0787. The van der Waals surface area contributed by atoms with Crippen LogP contribution in [-0.2, 0) is 4.43 Å². The van der Waals surface area contributed by atoms with Crippen molar-refractivity contribution < 1.29 is 9.53 Å². The summed E-state index contributed by atoms with van der Waals surface area (Å²) < 4.78 is 7.03. The first kappa shape index (κ1) is 22.1. The maximum absolute atomic E-state index is 10.7. The Bertz CT molecular complexity index is 691. The highest BCUT2D eigenvalue weighted by molar-refractivity contribution is 6.74. The maximum atomic E-state index is 10.7. The van der Waals surface area contributed by atoms with E-state index in [1.165, 1.54) is 38.5 Å². The Morgan fingerprint density at radius 3 is 2.34 bits per heavy atom. The van der Waals surface area contributed by atoms with Crippen molar-refractivity contribution >= 4 is 8.32 Å². The van der Waals surface area contributed by atoms with E-state index in [-0.39, 0.29) is 22.2 Å². The molecular formula is C26H46O2Si. The van der Waals surface area contributed by atoms with E-state index in [2.05, 4.69) is 60.7 Å². The monoisotopic (exact) mass is 418 g/mol. The first-order chi connectivity index (χ1) is 13.2. The number of allylic oxidation sites excluding steroid dienone is 1. The van der Waals surface area contributed by atoms with Gasteiger partial charge in [0.1, 0.15) is 0 Å². The first-order valence-electron chi connectivity index (χ1n) is 12.3. The maximum Gasteiger partial charge on any atom is 0.192 e. The fourth-order valence-electron chi connectivity index (χ4n) is 7.62. The summed E-state index contributed by atoms with van der Waals surface area (Å²) in [5.41, 5.74) is 2.24. The zero-order chi connectivity index (χ0) is 21.5. The normalized spacial score (nSPS) is 47.8. The molecule has 3 heteroatoms. The molecule has 0 heterocycles. The van der Waals surface area contributed by atoms with Crippen LogP contribution < -0.4 is 0 Å². The van der Waals surface area contributed by atoms with E-state index in [1.807, 2.05) is 0 Å². The van der Waals surface area contributed by atoms with Crippen molar-refractivity contribution in [3.05, 3.63) is 11.6 Å². The first-order valence-corrected chi connectivity index (χ1v) is 15.2. The van der Waals surface area contributed by atoms with Crippen LogP contribution in [0, 0.1) is 28.6 Å². The van der Waals surface area contributed by atoms with Gasteiger partial charge < -0.3 is 9.53 Å². The third-order valence-electron chi connectivity index (χ3n) is 10.6. The Balaban J connectivity index is 1.57. The molecule has 0 bridgehead atoms. The van der Waals surface area contributed by atoms with E-state index in [9.17, 15) is 5.11 Å². The summed E-state index contributed by atoms with van der Waals surface area (Å²) in [6.07, 6.45) is 12.2. The molecule has 0 radical (unpaired) electrons. The van der Waals surface area contributed by atoms with Gasteiger partial charge in [-0.25, -0.2) is 0 Å². The van der Waals surface area contributed by atoms with Crippen LogP contribution in [0.2, 0.25) is 18.1 Å². The molecule has 0 aromatic rings. The lowest BCUT2D eigenvalue weighted by Gasteiger charge is -2.59. The molecule has 0 saturated heterocycles. The average molecular weight is 419 g/mol. The molecule has 1 N–H and O–H groups in total. The van der Waals surface area contributed by atoms with Gasteiger partial charge in [0.2, 0.25) is 0 Å². The summed E-state index contributed by atoms with van der Waals surface area (Å²) >= 11 is 0. The van der Waals surface area contributed by atoms with Gasteiger partial charge in [0.05, 0.1) is 11.7 Å². The molecule has 0 aromatic heterocycles. The Labute approximate surface area is 181 Å². The summed E-state index contributed by atoms with van der Waals surface area (Å²) in [6.45, 7) is 19.2. The smallest absolute Gasteiger partial charge is 0.192 e. The number of hydrogen-bond acceptors (Lipinski definition) is 2. The van der Waals surface area contributed by atoms with E-state index < -0.39 is 8.32 Å². The van der Waals surface area contributed by atoms with Crippen LogP contribution in [-0.4, -0.2) is 25.1 Å². The van der Waals surface area contributed by atoms with Gasteiger partial charge in [0.15, 0.2) is 8.32 Å². The van der Waals surface area contributed by atoms with E-state index in [0.29, 0.717) is 5.41 Å². The van der Waals surface area contributed by atoms with Gasteiger partial charge in [-0.1, -0.05) is 46.3 Å². The Morgan fingerprint density at radius 1 is 1.00 bits per heavy atom. The molecule has 0 spiro atoms. The molecule has 4 aliphatic rings. The predicted octanol–water partition coefficient (Wildman–Crippen LogP) is 7.09. The highest BCUT2D eigenvalue weighted by Gasteiger charge is 2.59. The average Bonchev–Trinajstić information content (AvgIpc) is 2.89. The fraction of sp³-hybridized carbons (Fsp3) is 0.923. The minimum Gasteiger partial charge on any atom is -0.411 e. The second-order valence-electron chi connectivity index (χ2n) is 13.4. The van der Waals surface area contributed by atoms with Crippen LogP contribution in [0.1, 0.15) is 92.9 Å².